The van der Waals surface area contributed by atoms with Gasteiger partial charge in [0.1, 0.15) is 0 Å². The van der Waals surface area contributed by atoms with Crippen molar-refractivity contribution < 1.29 is 0 Å². The first-order chi connectivity index (χ1) is 5.23. The van der Waals surface area contributed by atoms with E-state index in [9.17, 15) is 0 Å². The molecule has 2 aliphatic rings. The van der Waals surface area contributed by atoms with Gasteiger partial charge in [0.25, 0.3) is 0 Å². The Bertz CT molecular complexity index is 110. The van der Waals surface area contributed by atoms with E-state index in [0.29, 0.717) is 0 Å². The lowest BCUT2D eigenvalue weighted by Crippen LogP contribution is -1.91. The molecule has 2 rings (SSSR count). The lowest BCUT2D eigenvalue weighted by atomic mass is 10.0. The zero-order chi connectivity index (χ0) is 8.48. The molecule has 0 N–H and O–H groups in total. The number of hydrogen-bond donors (Lipinski definition) is 0. The first-order valence-electron chi connectivity index (χ1n) is 5.23. The van der Waals surface area contributed by atoms with E-state index < -0.39 is 0 Å². The van der Waals surface area contributed by atoms with Crippen molar-refractivity contribution in [2.24, 2.45) is 17.3 Å². The fourth-order valence-corrected chi connectivity index (χ4v) is 2.73. The van der Waals surface area contributed by atoms with Crippen molar-refractivity contribution >= 4 is 0 Å². The molecule has 0 heterocycles. The Hall–Kier alpha value is 0. The van der Waals surface area contributed by atoms with Crippen molar-refractivity contribution in [3.05, 3.63) is 0 Å². The molecular weight excluding hydrogens is 132 g/mol. The second-order valence-corrected chi connectivity index (χ2v) is 4.32. The molecule has 0 aromatic heterocycles. The summed E-state index contributed by atoms with van der Waals surface area (Å²) in [6.07, 6.45) is 6.06. The summed E-state index contributed by atoms with van der Waals surface area (Å²) in [4.78, 5) is 0. The predicted molar refractivity (Wildman–Crippen MR) is 50.6 cm³/mol. The zero-order valence-electron chi connectivity index (χ0n) is 8.48. The zero-order valence-corrected chi connectivity index (χ0v) is 8.48. The van der Waals surface area contributed by atoms with Crippen LogP contribution in [-0.2, 0) is 0 Å². The van der Waals surface area contributed by atoms with Gasteiger partial charge in [-0.15, -0.1) is 0 Å². The molecule has 2 atom stereocenters. The molecule has 0 saturated heterocycles. The topological polar surface area (TPSA) is 0 Å². The van der Waals surface area contributed by atoms with Crippen LogP contribution in [0.25, 0.3) is 0 Å². The molecule has 66 valence electrons. The molecule has 2 fully saturated rings. The normalized spacial score (nSPS) is 38.2. The van der Waals surface area contributed by atoms with Gasteiger partial charge >= 0.3 is 0 Å². The fourth-order valence-electron chi connectivity index (χ4n) is 2.73. The van der Waals surface area contributed by atoms with E-state index in [1.54, 1.807) is 0 Å². The Labute approximate surface area is 71.4 Å². The van der Waals surface area contributed by atoms with Crippen LogP contribution in [0.2, 0.25) is 0 Å². The monoisotopic (exact) mass is 154 g/mol. The van der Waals surface area contributed by atoms with Crippen LogP contribution in [0.15, 0.2) is 0 Å². The highest BCUT2D eigenvalue weighted by atomic mass is 14.6. The smallest absolute Gasteiger partial charge is 0.0292 e. The van der Waals surface area contributed by atoms with Crippen molar-refractivity contribution in [2.45, 2.75) is 53.4 Å². The van der Waals surface area contributed by atoms with E-state index in [4.69, 9.17) is 0 Å². The minimum Gasteiger partial charge on any atom is -0.0683 e. The minimum absolute atomic E-state index is 0.747. The van der Waals surface area contributed by atoms with Gasteiger partial charge in [0, 0.05) is 0 Å². The van der Waals surface area contributed by atoms with Crippen LogP contribution < -0.4 is 0 Å². The molecule has 2 aliphatic carbocycles. The Kier molecular flexibility index (Phi) is 2.61. The third-order valence-electron chi connectivity index (χ3n) is 3.57. The molecule has 0 amide bonds. The lowest BCUT2D eigenvalue weighted by molar-refractivity contribution is 0.480. The van der Waals surface area contributed by atoms with E-state index in [1.165, 1.54) is 25.7 Å². The van der Waals surface area contributed by atoms with Gasteiger partial charge in [0.05, 0.1) is 0 Å². The van der Waals surface area contributed by atoms with Gasteiger partial charge in [0.15, 0.2) is 0 Å². The number of hydrogen-bond acceptors (Lipinski definition) is 0. The van der Waals surface area contributed by atoms with Crippen LogP contribution in [0, 0.1) is 17.3 Å². The van der Waals surface area contributed by atoms with E-state index in [2.05, 4.69) is 13.8 Å². The molecule has 0 nitrogen and oxygen atoms in total. The van der Waals surface area contributed by atoms with Crippen LogP contribution in [0.5, 0.6) is 0 Å². The third kappa shape index (κ3) is 1.45. The molecule has 0 aromatic rings. The van der Waals surface area contributed by atoms with Crippen LogP contribution in [0.1, 0.15) is 53.4 Å². The van der Waals surface area contributed by atoms with Gasteiger partial charge < -0.3 is 0 Å². The van der Waals surface area contributed by atoms with Gasteiger partial charge in [-0.3, -0.25) is 0 Å². The summed E-state index contributed by atoms with van der Waals surface area (Å²) >= 11 is 0. The summed E-state index contributed by atoms with van der Waals surface area (Å²) in [5, 5.41) is 0. The third-order valence-corrected chi connectivity index (χ3v) is 3.57. The first kappa shape index (κ1) is 9.09. The van der Waals surface area contributed by atoms with Gasteiger partial charge in [-0.2, -0.15) is 0 Å². The summed E-state index contributed by atoms with van der Waals surface area (Å²) < 4.78 is 0. The maximum absolute atomic E-state index is 2.44. The highest BCUT2D eigenvalue weighted by Gasteiger charge is 2.57. The van der Waals surface area contributed by atoms with E-state index in [1.807, 2.05) is 13.8 Å². The summed E-state index contributed by atoms with van der Waals surface area (Å²) in [6, 6.07) is 0. The molecular formula is C11H22. The average Bonchev–Trinajstić information content (AvgIpc) is 2.61. The minimum atomic E-state index is 0.747. The summed E-state index contributed by atoms with van der Waals surface area (Å²) in [6.45, 7) is 8.88. The molecule has 11 heavy (non-hydrogen) atoms. The molecule has 0 heteroatoms. The Morgan fingerprint density at radius 1 is 0.909 bits per heavy atom. The van der Waals surface area contributed by atoms with Gasteiger partial charge in [-0.1, -0.05) is 40.5 Å². The lowest BCUT2D eigenvalue weighted by Gasteiger charge is -2.04. The molecule has 0 radical (unpaired) electrons. The van der Waals surface area contributed by atoms with Crippen molar-refractivity contribution in [1.29, 1.82) is 0 Å². The summed E-state index contributed by atoms with van der Waals surface area (Å²) in [7, 11) is 0. The largest absolute Gasteiger partial charge is 0.0683 e. The Balaban J connectivity index is 0.000000281. The van der Waals surface area contributed by atoms with E-state index in [0.717, 1.165) is 17.3 Å². The van der Waals surface area contributed by atoms with Crippen molar-refractivity contribution in [3.63, 3.8) is 0 Å². The molecule has 0 aliphatic heterocycles. The Morgan fingerprint density at radius 3 is 1.55 bits per heavy atom. The van der Waals surface area contributed by atoms with E-state index in [-0.39, 0.29) is 0 Å². The van der Waals surface area contributed by atoms with Crippen LogP contribution in [-0.4, -0.2) is 0 Å². The maximum atomic E-state index is 2.44. The van der Waals surface area contributed by atoms with Crippen LogP contribution in [0.4, 0.5) is 0 Å². The predicted octanol–water partition coefficient (Wildman–Crippen LogP) is 3.86. The Morgan fingerprint density at radius 2 is 1.27 bits per heavy atom. The molecule has 0 spiro atoms. The number of rotatable bonds is 0. The maximum Gasteiger partial charge on any atom is -0.0292 e. The van der Waals surface area contributed by atoms with Crippen LogP contribution >= 0.6 is 0 Å². The summed E-state index contributed by atoms with van der Waals surface area (Å²) in [5.41, 5.74) is 0.747. The second kappa shape index (κ2) is 3.16. The average molecular weight is 154 g/mol. The van der Waals surface area contributed by atoms with Gasteiger partial charge in [-0.25, -0.2) is 0 Å². The van der Waals surface area contributed by atoms with Gasteiger partial charge in [-0.05, 0) is 30.1 Å². The molecule has 2 saturated carbocycles. The van der Waals surface area contributed by atoms with Gasteiger partial charge in [0.2, 0.25) is 0 Å². The standard InChI is InChI=1S/C9H16.C2H6/c1-9(2)7-5-3-4-6-8(7)9;1-2/h7-8H,3-6H2,1-2H3;1-2H3. The molecule has 0 aromatic carbocycles. The van der Waals surface area contributed by atoms with E-state index >= 15 is 0 Å². The number of fused-ring (bicyclic) bond motifs is 1. The highest BCUT2D eigenvalue weighted by Crippen LogP contribution is 2.64. The first-order valence-corrected chi connectivity index (χ1v) is 5.23. The van der Waals surface area contributed by atoms with Crippen molar-refractivity contribution in [1.82, 2.24) is 0 Å². The van der Waals surface area contributed by atoms with Crippen LogP contribution in [0.3, 0.4) is 0 Å². The molecule has 0 bridgehead atoms. The van der Waals surface area contributed by atoms with Crippen molar-refractivity contribution in [3.8, 4) is 0 Å². The second-order valence-electron chi connectivity index (χ2n) is 4.32. The highest BCUT2D eigenvalue weighted by molar-refractivity contribution is 5.05. The quantitative estimate of drug-likeness (QED) is 0.497. The summed E-state index contributed by atoms with van der Waals surface area (Å²) in [5.74, 6) is 2.23. The fraction of sp³-hybridized carbons (Fsp3) is 1.00. The van der Waals surface area contributed by atoms with Crippen molar-refractivity contribution in [2.75, 3.05) is 0 Å². The molecule has 2 unspecified atom stereocenters. The SMILES string of the molecule is CC.CC1(C)C2CCCCC21.